The second-order valence-electron chi connectivity index (χ2n) is 7.88. The van der Waals surface area contributed by atoms with Gasteiger partial charge in [-0.05, 0) is 49.8 Å². The lowest BCUT2D eigenvalue weighted by Crippen LogP contribution is -2.39. The first-order chi connectivity index (χ1) is 14.5. The van der Waals surface area contributed by atoms with Crippen molar-refractivity contribution in [2.45, 2.75) is 32.3 Å². The van der Waals surface area contributed by atoms with Crippen LogP contribution in [-0.4, -0.2) is 34.2 Å². The second-order valence-corrected chi connectivity index (χ2v) is 8.32. The van der Waals surface area contributed by atoms with E-state index in [1.54, 1.807) is 36.1 Å². The Morgan fingerprint density at radius 2 is 1.83 bits per heavy atom. The van der Waals surface area contributed by atoms with E-state index in [2.05, 4.69) is 29.4 Å². The average molecular weight is 425 g/mol. The molecule has 0 bridgehead atoms. The number of likely N-dealkylation sites (tertiary alicyclic amines) is 1. The molecule has 1 atom stereocenters. The highest BCUT2D eigenvalue weighted by atomic mass is 35.5. The number of aromatic nitrogens is 1. The molecule has 0 radical (unpaired) electrons. The average Bonchev–Trinajstić information content (AvgIpc) is 3.20. The first-order valence-electron chi connectivity index (χ1n) is 10.3. The van der Waals surface area contributed by atoms with Gasteiger partial charge in [-0.25, -0.2) is 0 Å². The molecule has 5 nitrogen and oxygen atoms in total. The van der Waals surface area contributed by atoms with Gasteiger partial charge in [0.15, 0.2) is 0 Å². The zero-order chi connectivity index (χ0) is 21.1. The third-order valence-corrected chi connectivity index (χ3v) is 5.98. The van der Waals surface area contributed by atoms with Crippen LogP contribution >= 0.6 is 11.6 Å². The summed E-state index contributed by atoms with van der Waals surface area (Å²) in [6, 6.07) is 17.6. The van der Waals surface area contributed by atoms with Crippen LogP contribution in [0.5, 0.6) is 0 Å². The third kappa shape index (κ3) is 4.42. The van der Waals surface area contributed by atoms with Crippen LogP contribution < -0.4 is 0 Å². The molecule has 1 aromatic heterocycles. The van der Waals surface area contributed by atoms with Crippen LogP contribution in [0.2, 0.25) is 5.02 Å². The fraction of sp³-hybridized carbons (Fsp3) is 0.333. The van der Waals surface area contributed by atoms with Gasteiger partial charge in [0, 0.05) is 23.7 Å². The molecule has 6 heteroatoms. The van der Waals surface area contributed by atoms with E-state index in [4.69, 9.17) is 16.1 Å². The lowest BCUT2D eigenvalue weighted by atomic mass is 9.90. The van der Waals surface area contributed by atoms with Gasteiger partial charge in [-0.1, -0.05) is 59.2 Å². The number of halogens is 1. The zero-order valence-corrected chi connectivity index (χ0v) is 17.7. The summed E-state index contributed by atoms with van der Waals surface area (Å²) < 4.78 is 5.45. The van der Waals surface area contributed by atoms with E-state index in [9.17, 15) is 9.90 Å². The number of aliphatic hydroxyl groups excluding tert-OH is 1. The van der Waals surface area contributed by atoms with Crippen LogP contribution in [0.1, 0.15) is 47.6 Å². The molecule has 4 rings (SSSR count). The summed E-state index contributed by atoms with van der Waals surface area (Å²) in [5.41, 5.74) is 2.99. The van der Waals surface area contributed by atoms with E-state index in [0.717, 1.165) is 24.8 Å². The minimum Gasteiger partial charge on any atom is -0.388 e. The fourth-order valence-corrected chi connectivity index (χ4v) is 4.21. The van der Waals surface area contributed by atoms with Crippen LogP contribution in [-0.2, 0) is 6.42 Å². The van der Waals surface area contributed by atoms with Crippen LogP contribution in [0.3, 0.4) is 0 Å². The highest BCUT2D eigenvalue weighted by Crippen LogP contribution is 2.33. The number of piperidine rings is 1. The second kappa shape index (κ2) is 9.02. The molecule has 156 valence electrons. The van der Waals surface area contributed by atoms with E-state index >= 15 is 0 Å². The Kier molecular flexibility index (Phi) is 6.21. The molecule has 1 N–H and O–H groups in total. The monoisotopic (exact) mass is 424 g/mol. The van der Waals surface area contributed by atoms with Crippen LogP contribution in [0, 0.1) is 5.92 Å². The van der Waals surface area contributed by atoms with Crippen molar-refractivity contribution in [2.75, 3.05) is 13.1 Å². The molecular formula is C24H25ClN2O3. The molecule has 30 heavy (non-hydrogen) atoms. The number of benzene rings is 2. The van der Waals surface area contributed by atoms with Gasteiger partial charge >= 0.3 is 0 Å². The molecule has 2 aromatic carbocycles. The van der Waals surface area contributed by atoms with E-state index in [-0.39, 0.29) is 11.7 Å². The number of hydrogen-bond acceptors (Lipinski definition) is 4. The maximum absolute atomic E-state index is 13.1. The molecule has 1 fully saturated rings. The van der Waals surface area contributed by atoms with Crippen molar-refractivity contribution in [3.8, 4) is 11.3 Å². The molecule has 1 unspecified atom stereocenters. The molecule has 1 saturated heterocycles. The van der Waals surface area contributed by atoms with Crippen molar-refractivity contribution in [3.63, 3.8) is 0 Å². The van der Waals surface area contributed by atoms with Crippen LogP contribution in [0.4, 0.5) is 0 Å². The number of hydrogen-bond donors (Lipinski definition) is 1. The topological polar surface area (TPSA) is 66.6 Å². The van der Waals surface area contributed by atoms with Crippen LogP contribution in [0.25, 0.3) is 11.3 Å². The van der Waals surface area contributed by atoms with E-state index in [0.29, 0.717) is 35.3 Å². The molecule has 1 amide bonds. The summed E-state index contributed by atoms with van der Waals surface area (Å²) in [6.45, 7) is 2.97. The Morgan fingerprint density at radius 1 is 1.17 bits per heavy atom. The van der Waals surface area contributed by atoms with Crippen molar-refractivity contribution < 1.29 is 14.4 Å². The number of carbonyl (C=O) groups is 1. The summed E-state index contributed by atoms with van der Waals surface area (Å²) >= 11 is 5.97. The van der Waals surface area contributed by atoms with E-state index in [1.165, 1.54) is 5.56 Å². The quantitative estimate of drug-likeness (QED) is 0.615. The Morgan fingerprint density at radius 3 is 2.47 bits per heavy atom. The predicted molar refractivity (Wildman–Crippen MR) is 116 cm³/mol. The maximum Gasteiger partial charge on any atom is 0.292 e. The Hall–Kier alpha value is -2.63. The molecule has 1 aliphatic heterocycles. The molecule has 0 spiro atoms. The standard InChI is InChI=1S/C24H25ClN2O3/c1-16(28)21-22(19-7-9-20(25)10-8-19)26-30-23(21)24(29)27-13-11-18(12-14-27)15-17-5-3-2-4-6-17/h2-10,16,18,28H,11-15H2,1H3. The summed E-state index contributed by atoms with van der Waals surface area (Å²) in [6.07, 6.45) is 2.05. The van der Waals surface area contributed by atoms with Gasteiger partial charge in [0.05, 0.1) is 11.7 Å². The molecule has 1 aliphatic rings. The first kappa shape index (κ1) is 20.6. The lowest BCUT2D eigenvalue weighted by Gasteiger charge is -2.31. The SMILES string of the molecule is CC(O)c1c(-c2ccc(Cl)cc2)noc1C(=O)N1CCC(Cc2ccccc2)CC1. The summed E-state index contributed by atoms with van der Waals surface area (Å²) in [5, 5.41) is 15.1. The van der Waals surface area contributed by atoms with Crippen molar-refractivity contribution in [1.29, 1.82) is 0 Å². The number of rotatable bonds is 5. The summed E-state index contributed by atoms with van der Waals surface area (Å²) in [4.78, 5) is 15.0. The molecule has 3 aromatic rings. The van der Waals surface area contributed by atoms with Crippen molar-refractivity contribution in [2.24, 2.45) is 5.92 Å². The number of carbonyl (C=O) groups excluding carboxylic acids is 1. The number of amides is 1. The number of nitrogens with zero attached hydrogens (tertiary/aromatic N) is 2. The largest absolute Gasteiger partial charge is 0.388 e. The Labute approximate surface area is 181 Å². The molecule has 2 heterocycles. The zero-order valence-electron chi connectivity index (χ0n) is 16.9. The van der Waals surface area contributed by atoms with Crippen molar-refractivity contribution in [3.05, 3.63) is 76.5 Å². The van der Waals surface area contributed by atoms with E-state index in [1.807, 2.05) is 6.07 Å². The van der Waals surface area contributed by atoms with Gasteiger partial charge in [0.1, 0.15) is 5.69 Å². The third-order valence-electron chi connectivity index (χ3n) is 5.73. The predicted octanol–water partition coefficient (Wildman–Crippen LogP) is 5.14. The minimum absolute atomic E-state index is 0.122. The Bertz CT molecular complexity index is 991. The minimum atomic E-state index is -0.878. The first-order valence-corrected chi connectivity index (χ1v) is 10.7. The molecule has 0 aliphatic carbocycles. The summed E-state index contributed by atoms with van der Waals surface area (Å²) in [5.74, 6) is 0.472. The van der Waals surface area contributed by atoms with Gasteiger partial charge in [0.25, 0.3) is 5.91 Å². The Balaban J connectivity index is 1.48. The normalized spacial score (nSPS) is 15.9. The highest BCUT2D eigenvalue weighted by Gasteiger charge is 2.31. The van der Waals surface area contributed by atoms with Crippen LogP contribution in [0.15, 0.2) is 59.1 Å². The highest BCUT2D eigenvalue weighted by molar-refractivity contribution is 6.30. The van der Waals surface area contributed by atoms with Gasteiger partial charge in [0.2, 0.25) is 5.76 Å². The van der Waals surface area contributed by atoms with Gasteiger partial charge in [-0.3, -0.25) is 4.79 Å². The lowest BCUT2D eigenvalue weighted by molar-refractivity contribution is 0.0640. The van der Waals surface area contributed by atoms with Gasteiger partial charge in [-0.2, -0.15) is 0 Å². The van der Waals surface area contributed by atoms with Crippen molar-refractivity contribution in [1.82, 2.24) is 10.1 Å². The molecular weight excluding hydrogens is 400 g/mol. The number of aliphatic hydroxyl groups is 1. The fourth-order valence-electron chi connectivity index (χ4n) is 4.09. The maximum atomic E-state index is 13.1. The summed E-state index contributed by atoms with van der Waals surface area (Å²) in [7, 11) is 0. The smallest absolute Gasteiger partial charge is 0.292 e. The van der Waals surface area contributed by atoms with Gasteiger partial charge in [-0.15, -0.1) is 0 Å². The molecule has 0 saturated carbocycles. The van der Waals surface area contributed by atoms with Crippen molar-refractivity contribution >= 4 is 17.5 Å². The van der Waals surface area contributed by atoms with E-state index < -0.39 is 6.10 Å². The van der Waals surface area contributed by atoms with Gasteiger partial charge < -0.3 is 14.5 Å².